The van der Waals surface area contributed by atoms with Gasteiger partial charge >= 0.3 is 0 Å². The molecule has 0 aromatic heterocycles. The van der Waals surface area contributed by atoms with E-state index >= 15 is 0 Å². The minimum atomic E-state index is -0.496. The zero-order valence-corrected chi connectivity index (χ0v) is 16.2. The van der Waals surface area contributed by atoms with E-state index in [9.17, 15) is 4.79 Å². The first-order valence-electron chi connectivity index (χ1n) is 8.56. The fourth-order valence-corrected chi connectivity index (χ4v) is 3.17. The highest BCUT2D eigenvalue weighted by molar-refractivity contribution is 6.33. The molecule has 0 radical (unpaired) electrons. The number of hydrogen-bond acceptors (Lipinski definition) is 3. The van der Waals surface area contributed by atoms with Crippen LogP contribution in [0.25, 0.3) is 0 Å². The zero-order chi connectivity index (χ0) is 18.4. The highest BCUT2D eigenvalue weighted by atomic mass is 35.5. The van der Waals surface area contributed by atoms with Crippen molar-refractivity contribution in [3.63, 3.8) is 0 Å². The molecular weight excluding hydrogens is 338 g/mol. The largest absolute Gasteiger partial charge is 0.367 e. The molecule has 1 aliphatic rings. The average Bonchev–Trinajstić information content (AvgIpc) is 2.62. The van der Waals surface area contributed by atoms with Crippen LogP contribution in [0.4, 0.5) is 5.69 Å². The fourth-order valence-electron chi connectivity index (χ4n) is 2.92. The lowest BCUT2D eigenvalue weighted by molar-refractivity contribution is -0.128. The summed E-state index contributed by atoms with van der Waals surface area (Å²) in [6.45, 7) is 7.83. The van der Waals surface area contributed by atoms with Gasteiger partial charge in [-0.25, -0.2) is 0 Å². The maximum atomic E-state index is 11.9. The Kier molecular flexibility index (Phi) is 6.53. The average molecular weight is 366 g/mol. The van der Waals surface area contributed by atoms with E-state index in [1.807, 2.05) is 32.0 Å². The predicted octanol–water partition coefficient (Wildman–Crippen LogP) is 1.81. The third-order valence-corrected chi connectivity index (χ3v) is 4.83. The SMILES string of the molecule is CN=C(NCC(C)(C)C(=O)NC)N1CCN(c2ccccc2Cl)CC1. The van der Waals surface area contributed by atoms with Gasteiger partial charge in [-0.2, -0.15) is 0 Å². The normalized spacial score (nSPS) is 16.0. The van der Waals surface area contributed by atoms with Gasteiger partial charge in [0.05, 0.1) is 16.1 Å². The smallest absolute Gasteiger partial charge is 0.227 e. The third kappa shape index (κ3) is 4.78. The van der Waals surface area contributed by atoms with Gasteiger partial charge in [0.15, 0.2) is 5.96 Å². The second-order valence-electron chi connectivity index (χ2n) is 6.79. The van der Waals surface area contributed by atoms with E-state index in [1.165, 1.54) is 0 Å². The third-order valence-electron chi connectivity index (χ3n) is 4.51. The monoisotopic (exact) mass is 365 g/mol. The lowest BCUT2D eigenvalue weighted by Gasteiger charge is -2.38. The number of guanidine groups is 1. The summed E-state index contributed by atoms with van der Waals surface area (Å²) in [4.78, 5) is 20.8. The van der Waals surface area contributed by atoms with Crippen LogP contribution >= 0.6 is 11.6 Å². The quantitative estimate of drug-likeness (QED) is 0.631. The van der Waals surface area contributed by atoms with Gasteiger partial charge in [0.25, 0.3) is 0 Å². The molecule has 0 unspecified atom stereocenters. The Balaban J connectivity index is 1.92. The van der Waals surface area contributed by atoms with Gasteiger partial charge in [-0.15, -0.1) is 0 Å². The minimum absolute atomic E-state index is 0.0130. The van der Waals surface area contributed by atoms with E-state index in [1.54, 1.807) is 14.1 Å². The van der Waals surface area contributed by atoms with E-state index in [0.717, 1.165) is 42.8 Å². The Labute approximate surface area is 155 Å². The summed E-state index contributed by atoms with van der Waals surface area (Å²) in [5, 5.41) is 6.82. The van der Waals surface area contributed by atoms with Crippen molar-refractivity contribution in [2.75, 3.05) is 51.7 Å². The van der Waals surface area contributed by atoms with Crippen molar-refractivity contribution >= 4 is 29.2 Å². The number of nitrogens with zero attached hydrogens (tertiary/aromatic N) is 3. The number of hydrogen-bond donors (Lipinski definition) is 2. The first-order chi connectivity index (χ1) is 11.9. The molecule has 0 saturated carbocycles. The summed E-state index contributed by atoms with van der Waals surface area (Å²) in [5.74, 6) is 0.842. The van der Waals surface area contributed by atoms with Crippen LogP contribution in [0.3, 0.4) is 0 Å². The number of benzene rings is 1. The van der Waals surface area contributed by atoms with Crippen molar-refractivity contribution in [3.8, 4) is 0 Å². The van der Waals surface area contributed by atoms with Gasteiger partial charge in [0.1, 0.15) is 0 Å². The number of halogens is 1. The van der Waals surface area contributed by atoms with Gasteiger partial charge < -0.3 is 20.4 Å². The van der Waals surface area contributed by atoms with Crippen LogP contribution in [0.1, 0.15) is 13.8 Å². The Morgan fingerprint density at radius 2 is 1.88 bits per heavy atom. The van der Waals surface area contributed by atoms with E-state index < -0.39 is 5.41 Å². The van der Waals surface area contributed by atoms with Gasteiger partial charge in [-0.05, 0) is 26.0 Å². The molecular formula is C18H28ClN5O. The zero-order valence-electron chi connectivity index (χ0n) is 15.5. The molecule has 138 valence electrons. The molecule has 2 rings (SSSR count). The molecule has 6 nitrogen and oxygen atoms in total. The molecule has 1 saturated heterocycles. The number of aliphatic imine (C=N–C) groups is 1. The van der Waals surface area contributed by atoms with Crippen LogP contribution in [-0.2, 0) is 4.79 Å². The van der Waals surface area contributed by atoms with E-state index in [0.29, 0.717) is 6.54 Å². The molecule has 2 N–H and O–H groups in total. The van der Waals surface area contributed by atoms with Crippen molar-refractivity contribution in [1.29, 1.82) is 0 Å². The minimum Gasteiger partial charge on any atom is -0.367 e. The van der Waals surface area contributed by atoms with Gasteiger partial charge in [-0.3, -0.25) is 9.79 Å². The van der Waals surface area contributed by atoms with Crippen LogP contribution in [0.15, 0.2) is 29.3 Å². The molecule has 1 fully saturated rings. The number of nitrogens with one attached hydrogen (secondary N) is 2. The standard InChI is InChI=1S/C18H28ClN5O/c1-18(2,16(25)20-3)13-22-17(21-4)24-11-9-23(10-12-24)15-8-6-5-7-14(15)19/h5-8H,9-13H2,1-4H3,(H,20,25)(H,21,22). The predicted molar refractivity (Wildman–Crippen MR) is 104 cm³/mol. The molecule has 1 aromatic carbocycles. The molecule has 1 heterocycles. The molecule has 7 heteroatoms. The van der Waals surface area contributed by atoms with Gasteiger partial charge in [0, 0.05) is 46.8 Å². The van der Waals surface area contributed by atoms with Crippen molar-refractivity contribution < 1.29 is 4.79 Å². The molecule has 1 aromatic rings. The lowest BCUT2D eigenvalue weighted by Crippen LogP contribution is -2.54. The summed E-state index contributed by atoms with van der Waals surface area (Å²) in [6, 6.07) is 7.93. The van der Waals surface area contributed by atoms with Crippen LogP contribution in [-0.4, -0.2) is 63.6 Å². The number of rotatable bonds is 4. The van der Waals surface area contributed by atoms with Crippen molar-refractivity contribution in [2.24, 2.45) is 10.4 Å². The van der Waals surface area contributed by atoms with Crippen LogP contribution in [0.5, 0.6) is 0 Å². The highest BCUT2D eigenvalue weighted by Crippen LogP contribution is 2.26. The molecule has 1 amide bonds. The summed E-state index contributed by atoms with van der Waals surface area (Å²) in [5.41, 5.74) is 0.580. The maximum Gasteiger partial charge on any atom is 0.227 e. The lowest BCUT2D eigenvalue weighted by atomic mass is 9.92. The summed E-state index contributed by atoms with van der Waals surface area (Å²) < 4.78 is 0. The second-order valence-corrected chi connectivity index (χ2v) is 7.20. The maximum absolute atomic E-state index is 11.9. The molecule has 0 aliphatic carbocycles. The summed E-state index contributed by atoms with van der Waals surface area (Å²) in [6.07, 6.45) is 0. The molecule has 0 atom stereocenters. The van der Waals surface area contributed by atoms with Crippen molar-refractivity contribution in [2.45, 2.75) is 13.8 Å². The number of para-hydroxylation sites is 1. The second kappa shape index (κ2) is 8.43. The first-order valence-corrected chi connectivity index (χ1v) is 8.94. The van der Waals surface area contributed by atoms with E-state index in [4.69, 9.17) is 11.6 Å². The first kappa shape index (κ1) is 19.4. The molecule has 0 spiro atoms. The Bertz CT molecular complexity index is 624. The Morgan fingerprint density at radius 1 is 1.24 bits per heavy atom. The summed E-state index contributed by atoms with van der Waals surface area (Å²) in [7, 11) is 3.43. The van der Waals surface area contributed by atoms with Crippen LogP contribution < -0.4 is 15.5 Å². The van der Waals surface area contributed by atoms with Gasteiger partial charge in [0.2, 0.25) is 5.91 Å². The molecule has 0 bridgehead atoms. The highest BCUT2D eigenvalue weighted by Gasteiger charge is 2.28. The number of amides is 1. The molecule has 25 heavy (non-hydrogen) atoms. The summed E-state index contributed by atoms with van der Waals surface area (Å²) >= 11 is 6.30. The number of carbonyl (C=O) groups excluding carboxylic acids is 1. The van der Waals surface area contributed by atoms with Crippen molar-refractivity contribution in [1.82, 2.24) is 15.5 Å². The molecule has 1 aliphatic heterocycles. The number of carbonyl (C=O) groups is 1. The van der Waals surface area contributed by atoms with Crippen LogP contribution in [0, 0.1) is 5.41 Å². The van der Waals surface area contributed by atoms with Gasteiger partial charge in [-0.1, -0.05) is 23.7 Å². The Hall–Kier alpha value is -1.95. The van der Waals surface area contributed by atoms with Crippen molar-refractivity contribution in [3.05, 3.63) is 29.3 Å². The van der Waals surface area contributed by atoms with Crippen LogP contribution in [0.2, 0.25) is 5.02 Å². The van der Waals surface area contributed by atoms with E-state index in [-0.39, 0.29) is 5.91 Å². The number of anilines is 1. The number of piperazine rings is 1. The topological polar surface area (TPSA) is 60.0 Å². The fraction of sp³-hybridized carbons (Fsp3) is 0.556. The Morgan fingerprint density at radius 3 is 2.44 bits per heavy atom. The van der Waals surface area contributed by atoms with E-state index in [2.05, 4.69) is 31.5 Å².